The van der Waals surface area contributed by atoms with Crippen molar-refractivity contribution in [3.05, 3.63) is 58.6 Å². The van der Waals surface area contributed by atoms with Crippen LogP contribution in [0.2, 0.25) is 0 Å². The van der Waals surface area contributed by atoms with Crippen molar-refractivity contribution in [2.45, 2.75) is 13.0 Å². The Kier molecular flexibility index (Phi) is 5.89. The van der Waals surface area contributed by atoms with Crippen LogP contribution in [0, 0.1) is 0 Å². The number of rotatable bonds is 7. The molecule has 2 N–H and O–H groups in total. The molecule has 0 aliphatic rings. The lowest BCUT2D eigenvalue weighted by Crippen LogP contribution is -2.04. The van der Waals surface area contributed by atoms with Crippen LogP contribution < -0.4 is 10.5 Å². The molecule has 0 unspecified atom stereocenters. The minimum Gasteiger partial charge on any atom is -0.491 e. The van der Waals surface area contributed by atoms with Gasteiger partial charge in [-0.2, -0.15) is 0 Å². The Balaban J connectivity index is 1.61. The molecule has 4 heteroatoms. The Morgan fingerprint density at radius 1 is 1.00 bits per heavy atom. The number of halogens is 1. The first-order chi connectivity index (χ1) is 9.75. The van der Waals surface area contributed by atoms with E-state index >= 15 is 0 Å². The molecular weight excluding hydrogens is 318 g/mol. The quantitative estimate of drug-likeness (QED) is 0.614. The van der Waals surface area contributed by atoms with Gasteiger partial charge in [0.1, 0.15) is 5.75 Å². The van der Waals surface area contributed by atoms with Crippen molar-refractivity contribution in [2.24, 2.45) is 0 Å². The first kappa shape index (κ1) is 14.9. The zero-order chi connectivity index (χ0) is 14.2. The molecule has 2 aromatic carbocycles. The highest BCUT2D eigenvalue weighted by atomic mass is 79.9. The summed E-state index contributed by atoms with van der Waals surface area (Å²) in [4.78, 5) is 0. The largest absolute Gasteiger partial charge is 0.491 e. The second kappa shape index (κ2) is 7.92. The van der Waals surface area contributed by atoms with Crippen LogP contribution in [0.5, 0.6) is 5.75 Å². The molecule has 0 heterocycles. The number of benzene rings is 2. The fourth-order valence-corrected chi connectivity index (χ4v) is 2.22. The molecule has 0 spiro atoms. The van der Waals surface area contributed by atoms with Gasteiger partial charge in [0.25, 0.3) is 0 Å². The Morgan fingerprint density at radius 3 is 2.65 bits per heavy atom. The van der Waals surface area contributed by atoms with Gasteiger partial charge < -0.3 is 15.2 Å². The predicted molar refractivity (Wildman–Crippen MR) is 84.8 cm³/mol. The highest BCUT2D eigenvalue weighted by Crippen LogP contribution is 2.19. The van der Waals surface area contributed by atoms with E-state index in [0.29, 0.717) is 25.5 Å². The number of ether oxygens (including phenoxy) is 2. The summed E-state index contributed by atoms with van der Waals surface area (Å²) in [6.45, 7) is 1.89. The Morgan fingerprint density at radius 2 is 1.85 bits per heavy atom. The van der Waals surface area contributed by atoms with E-state index < -0.39 is 0 Å². The molecule has 0 atom stereocenters. The van der Waals surface area contributed by atoms with Crippen LogP contribution in [0.4, 0.5) is 5.69 Å². The van der Waals surface area contributed by atoms with Crippen molar-refractivity contribution in [1.82, 2.24) is 0 Å². The van der Waals surface area contributed by atoms with E-state index in [0.717, 1.165) is 22.2 Å². The van der Waals surface area contributed by atoms with Gasteiger partial charge in [-0.25, -0.2) is 0 Å². The molecule has 0 aliphatic heterocycles. The number of para-hydroxylation sites is 2. The van der Waals surface area contributed by atoms with Crippen LogP contribution >= 0.6 is 15.9 Å². The van der Waals surface area contributed by atoms with Gasteiger partial charge in [0, 0.05) is 10.9 Å². The minimum absolute atomic E-state index is 0.604. The zero-order valence-electron chi connectivity index (χ0n) is 11.2. The van der Waals surface area contributed by atoms with Crippen LogP contribution in [0.25, 0.3) is 0 Å². The monoisotopic (exact) mass is 335 g/mol. The second-order valence-corrected chi connectivity index (χ2v) is 5.34. The average molecular weight is 336 g/mol. The van der Waals surface area contributed by atoms with E-state index in [-0.39, 0.29) is 0 Å². The van der Waals surface area contributed by atoms with E-state index in [1.165, 1.54) is 0 Å². The summed E-state index contributed by atoms with van der Waals surface area (Å²) in [5.74, 6) is 0.736. The molecule has 0 aromatic heterocycles. The molecule has 0 amide bonds. The SMILES string of the molecule is Nc1ccccc1OCCCOCc1cccc(Br)c1. The van der Waals surface area contributed by atoms with Gasteiger partial charge in [0.2, 0.25) is 0 Å². The normalized spacial score (nSPS) is 10.4. The van der Waals surface area contributed by atoms with Crippen LogP contribution in [0.3, 0.4) is 0 Å². The third kappa shape index (κ3) is 4.87. The fourth-order valence-electron chi connectivity index (χ4n) is 1.77. The molecule has 0 aliphatic carbocycles. The summed E-state index contributed by atoms with van der Waals surface area (Å²) in [5, 5.41) is 0. The van der Waals surface area contributed by atoms with Gasteiger partial charge >= 0.3 is 0 Å². The number of hydrogen-bond acceptors (Lipinski definition) is 3. The fraction of sp³-hybridized carbons (Fsp3) is 0.250. The van der Waals surface area contributed by atoms with Crippen molar-refractivity contribution in [2.75, 3.05) is 18.9 Å². The summed E-state index contributed by atoms with van der Waals surface area (Å²) in [5.41, 5.74) is 7.62. The van der Waals surface area contributed by atoms with Gasteiger partial charge in [0.15, 0.2) is 0 Å². The van der Waals surface area contributed by atoms with E-state index in [9.17, 15) is 0 Å². The minimum atomic E-state index is 0.604. The molecule has 2 aromatic rings. The van der Waals surface area contributed by atoms with Crippen LogP contribution in [-0.2, 0) is 11.3 Å². The molecular formula is C16H18BrNO2. The summed E-state index contributed by atoms with van der Waals surface area (Å²) >= 11 is 3.44. The van der Waals surface area contributed by atoms with Gasteiger partial charge in [-0.05, 0) is 29.8 Å². The summed E-state index contributed by atoms with van der Waals surface area (Å²) < 4.78 is 12.3. The highest BCUT2D eigenvalue weighted by Gasteiger charge is 1.98. The van der Waals surface area contributed by atoms with Crippen molar-refractivity contribution in [3.8, 4) is 5.75 Å². The van der Waals surface area contributed by atoms with Crippen LogP contribution in [-0.4, -0.2) is 13.2 Å². The highest BCUT2D eigenvalue weighted by molar-refractivity contribution is 9.10. The van der Waals surface area contributed by atoms with Crippen molar-refractivity contribution in [3.63, 3.8) is 0 Å². The maximum absolute atomic E-state index is 5.79. The first-order valence-corrected chi connectivity index (χ1v) is 7.34. The molecule has 0 saturated carbocycles. The zero-order valence-corrected chi connectivity index (χ0v) is 12.8. The van der Waals surface area contributed by atoms with Gasteiger partial charge in [-0.15, -0.1) is 0 Å². The molecule has 0 bridgehead atoms. The van der Waals surface area contributed by atoms with Crippen LogP contribution in [0.1, 0.15) is 12.0 Å². The van der Waals surface area contributed by atoms with Crippen molar-refractivity contribution in [1.29, 1.82) is 0 Å². The Bertz CT molecular complexity index is 546. The summed E-state index contributed by atoms with van der Waals surface area (Å²) in [7, 11) is 0. The Hall–Kier alpha value is -1.52. The molecule has 0 fully saturated rings. The lowest BCUT2D eigenvalue weighted by Gasteiger charge is -2.09. The first-order valence-electron chi connectivity index (χ1n) is 6.55. The third-order valence-corrected chi connectivity index (χ3v) is 3.26. The second-order valence-electron chi connectivity index (χ2n) is 4.42. The van der Waals surface area contributed by atoms with E-state index in [1.54, 1.807) is 0 Å². The number of nitrogen functional groups attached to an aromatic ring is 1. The van der Waals surface area contributed by atoms with Gasteiger partial charge in [0.05, 0.1) is 25.5 Å². The van der Waals surface area contributed by atoms with Crippen molar-refractivity contribution < 1.29 is 9.47 Å². The summed E-state index contributed by atoms with van der Waals surface area (Å²) in [6.07, 6.45) is 0.836. The molecule has 2 rings (SSSR count). The molecule has 0 saturated heterocycles. The topological polar surface area (TPSA) is 44.5 Å². The number of anilines is 1. The van der Waals surface area contributed by atoms with Gasteiger partial charge in [-0.1, -0.05) is 40.2 Å². The Labute approximate surface area is 127 Å². The van der Waals surface area contributed by atoms with Crippen molar-refractivity contribution >= 4 is 21.6 Å². The third-order valence-electron chi connectivity index (χ3n) is 2.77. The average Bonchev–Trinajstić information content (AvgIpc) is 2.44. The van der Waals surface area contributed by atoms with E-state index in [4.69, 9.17) is 15.2 Å². The lowest BCUT2D eigenvalue weighted by atomic mass is 10.2. The maximum Gasteiger partial charge on any atom is 0.142 e. The van der Waals surface area contributed by atoms with E-state index in [1.807, 2.05) is 42.5 Å². The number of nitrogens with two attached hydrogens (primary N) is 1. The summed E-state index contributed by atoms with van der Waals surface area (Å²) in [6, 6.07) is 15.6. The number of hydrogen-bond donors (Lipinski definition) is 1. The smallest absolute Gasteiger partial charge is 0.142 e. The molecule has 20 heavy (non-hydrogen) atoms. The standard InChI is InChI=1S/C16H18BrNO2/c17-14-6-3-5-13(11-14)12-19-9-4-10-20-16-8-2-1-7-15(16)18/h1-3,5-8,11H,4,9-10,12,18H2. The van der Waals surface area contributed by atoms with Gasteiger partial charge in [-0.3, -0.25) is 0 Å². The van der Waals surface area contributed by atoms with E-state index in [2.05, 4.69) is 22.0 Å². The maximum atomic E-state index is 5.79. The molecule has 0 radical (unpaired) electrons. The molecule has 3 nitrogen and oxygen atoms in total. The predicted octanol–water partition coefficient (Wildman–Crippen LogP) is 4.02. The lowest BCUT2D eigenvalue weighted by molar-refractivity contribution is 0.107. The molecule has 106 valence electrons. The van der Waals surface area contributed by atoms with Crippen LogP contribution in [0.15, 0.2) is 53.0 Å².